The lowest BCUT2D eigenvalue weighted by molar-refractivity contribution is -0.167. The van der Waals surface area contributed by atoms with E-state index in [9.17, 15) is 14.4 Å². The summed E-state index contributed by atoms with van der Waals surface area (Å²) in [6, 6.07) is 0. The Kier molecular flexibility index (Phi) is 57.2. The van der Waals surface area contributed by atoms with E-state index >= 15 is 0 Å². The minimum absolute atomic E-state index is 0.0845. The van der Waals surface area contributed by atoms with Crippen molar-refractivity contribution in [2.45, 2.75) is 322 Å². The lowest BCUT2D eigenvalue weighted by Crippen LogP contribution is -2.30. The van der Waals surface area contributed by atoms with Crippen molar-refractivity contribution in [2.75, 3.05) is 13.2 Å². The van der Waals surface area contributed by atoms with Gasteiger partial charge in [-0.1, -0.05) is 287 Å². The normalized spacial score (nSPS) is 12.4. The smallest absolute Gasteiger partial charge is 0.306 e. The van der Waals surface area contributed by atoms with Gasteiger partial charge in [-0.05, 0) is 70.6 Å². The minimum Gasteiger partial charge on any atom is -0.462 e. The molecule has 6 heteroatoms. The van der Waals surface area contributed by atoms with Crippen LogP contribution in [0, 0.1) is 0 Å². The van der Waals surface area contributed by atoms with Crippen LogP contribution < -0.4 is 0 Å². The average Bonchev–Trinajstić information content (AvgIpc) is 3.37. The van der Waals surface area contributed by atoms with Crippen LogP contribution in [0.3, 0.4) is 0 Å². The molecule has 1 atom stereocenters. The molecule has 0 aromatic heterocycles. The maximum atomic E-state index is 12.9. The number of esters is 3. The van der Waals surface area contributed by atoms with Gasteiger partial charge in [-0.3, -0.25) is 14.4 Å². The zero-order valence-electron chi connectivity index (χ0n) is 47.2. The highest BCUT2D eigenvalue weighted by Gasteiger charge is 2.19. The molecule has 0 bridgehead atoms. The minimum atomic E-state index is -0.790. The first-order valence-electron chi connectivity index (χ1n) is 30.8. The number of hydrogen-bond donors (Lipinski definition) is 0. The van der Waals surface area contributed by atoms with E-state index in [0.717, 1.165) is 96.3 Å². The predicted octanol–water partition coefficient (Wildman–Crippen LogP) is 20.8. The van der Waals surface area contributed by atoms with Crippen LogP contribution in [0.4, 0.5) is 0 Å². The number of carbonyl (C=O) groups is 3. The molecule has 1 unspecified atom stereocenters. The van der Waals surface area contributed by atoms with Gasteiger partial charge in [0, 0.05) is 19.3 Å². The standard InChI is InChI=1S/C65H116O6/c1-4-7-10-13-16-19-22-25-28-31-34-37-40-43-46-49-52-55-58-64(67)70-61-62(60-69-63(66)57-54-51-48-45-42-39-36-33-30-27-24-21-18-15-12-9-6-3)71-65(68)59-56-53-50-47-44-41-38-35-32-29-26-23-20-17-14-11-8-5-2/h22,25,28-29,31-32,34-35,37-38,62H,4-21,23-24,26-27,30,33,36,39-61H2,1-3H3/b25-22-,31-28-,32-29-,37-34-,38-35-. The van der Waals surface area contributed by atoms with Crippen LogP contribution in [0.15, 0.2) is 60.8 Å². The molecular formula is C65H116O6. The summed E-state index contributed by atoms with van der Waals surface area (Å²) >= 11 is 0. The first-order chi connectivity index (χ1) is 35.0. The monoisotopic (exact) mass is 993 g/mol. The van der Waals surface area contributed by atoms with Gasteiger partial charge in [-0.2, -0.15) is 0 Å². The summed E-state index contributed by atoms with van der Waals surface area (Å²) in [6.45, 7) is 6.63. The third-order valence-electron chi connectivity index (χ3n) is 13.6. The lowest BCUT2D eigenvalue weighted by Gasteiger charge is -2.18. The van der Waals surface area contributed by atoms with Crippen LogP contribution in [-0.4, -0.2) is 37.2 Å². The first kappa shape index (κ1) is 68.1. The zero-order valence-corrected chi connectivity index (χ0v) is 47.2. The van der Waals surface area contributed by atoms with Crippen molar-refractivity contribution >= 4 is 17.9 Å². The van der Waals surface area contributed by atoms with Crippen molar-refractivity contribution in [3.8, 4) is 0 Å². The number of carbonyl (C=O) groups excluding carboxylic acids is 3. The van der Waals surface area contributed by atoms with Gasteiger partial charge >= 0.3 is 17.9 Å². The van der Waals surface area contributed by atoms with Crippen molar-refractivity contribution in [1.29, 1.82) is 0 Å². The average molecular weight is 994 g/mol. The Bertz CT molecular complexity index is 1280. The molecule has 0 heterocycles. The molecule has 0 aliphatic heterocycles. The van der Waals surface area contributed by atoms with E-state index in [2.05, 4.69) is 81.5 Å². The molecular weight excluding hydrogens is 877 g/mol. The molecule has 0 fully saturated rings. The van der Waals surface area contributed by atoms with Crippen LogP contribution in [0.5, 0.6) is 0 Å². The molecule has 0 amide bonds. The number of unbranched alkanes of at least 4 members (excludes halogenated alkanes) is 38. The number of rotatable bonds is 56. The van der Waals surface area contributed by atoms with E-state index in [0.29, 0.717) is 19.3 Å². The number of allylic oxidation sites excluding steroid dienone is 10. The summed E-state index contributed by atoms with van der Waals surface area (Å²) < 4.78 is 16.9. The van der Waals surface area contributed by atoms with E-state index in [1.807, 2.05) is 0 Å². The third kappa shape index (κ3) is 57.9. The first-order valence-corrected chi connectivity index (χ1v) is 30.8. The molecule has 0 aliphatic carbocycles. The molecule has 6 nitrogen and oxygen atoms in total. The second kappa shape index (κ2) is 59.7. The van der Waals surface area contributed by atoms with Crippen LogP contribution in [0.25, 0.3) is 0 Å². The van der Waals surface area contributed by atoms with Crippen molar-refractivity contribution in [1.82, 2.24) is 0 Å². The third-order valence-corrected chi connectivity index (χ3v) is 13.6. The molecule has 0 N–H and O–H groups in total. The number of hydrogen-bond acceptors (Lipinski definition) is 6. The van der Waals surface area contributed by atoms with E-state index in [1.165, 1.54) is 180 Å². The van der Waals surface area contributed by atoms with Crippen LogP contribution in [0.1, 0.15) is 316 Å². The van der Waals surface area contributed by atoms with Gasteiger partial charge in [-0.25, -0.2) is 0 Å². The molecule has 0 rings (SSSR count). The van der Waals surface area contributed by atoms with Crippen molar-refractivity contribution in [3.05, 3.63) is 60.8 Å². The van der Waals surface area contributed by atoms with Gasteiger partial charge in [0.1, 0.15) is 13.2 Å². The summed E-state index contributed by atoms with van der Waals surface area (Å²) in [7, 11) is 0. The van der Waals surface area contributed by atoms with Gasteiger partial charge in [0.05, 0.1) is 0 Å². The molecule has 0 aromatic rings. The Labute approximate surface area is 440 Å². The Morgan fingerprint density at radius 2 is 0.507 bits per heavy atom. The fourth-order valence-corrected chi connectivity index (χ4v) is 8.91. The summed E-state index contributed by atoms with van der Waals surface area (Å²) in [5, 5.41) is 0. The highest BCUT2D eigenvalue weighted by Crippen LogP contribution is 2.16. The van der Waals surface area contributed by atoms with Gasteiger partial charge in [0.2, 0.25) is 0 Å². The topological polar surface area (TPSA) is 78.9 Å². The van der Waals surface area contributed by atoms with E-state index in [4.69, 9.17) is 14.2 Å². The Balaban J connectivity index is 4.43. The van der Waals surface area contributed by atoms with Gasteiger partial charge in [-0.15, -0.1) is 0 Å². The molecule has 0 aromatic carbocycles. The van der Waals surface area contributed by atoms with Crippen molar-refractivity contribution in [2.24, 2.45) is 0 Å². The van der Waals surface area contributed by atoms with Crippen molar-refractivity contribution < 1.29 is 28.6 Å². The maximum absolute atomic E-state index is 12.9. The Morgan fingerprint density at radius 3 is 0.789 bits per heavy atom. The molecule has 0 saturated carbocycles. The highest BCUT2D eigenvalue weighted by molar-refractivity contribution is 5.71. The lowest BCUT2D eigenvalue weighted by atomic mass is 10.0. The van der Waals surface area contributed by atoms with E-state index < -0.39 is 6.10 Å². The second-order valence-electron chi connectivity index (χ2n) is 20.7. The van der Waals surface area contributed by atoms with Gasteiger partial charge in [0.25, 0.3) is 0 Å². The van der Waals surface area contributed by atoms with Crippen LogP contribution in [0.2, 0.25) is 0 Å². The zero-order chi connectivity index (χ0) is 51.4. The van der Waals surface area contributed by atoms with Gasteiger partial charge < -0.3 is 14.2 Å². The molecule has 0 radical (unpaired) electrons. The molecule has 0 spiro atoms. The van der Waals surface area contributed by atoms with Crippen LogP contribution in [-0.2, 0) is 28.6 Å². The second-order valence-corrected chi connectivity index (χ2v) is 20.7. The highest BCUT2D eigenvalue weighted by atomic mass is 16.6. The molecule has 71 heavy (non-hydrogen) atoms. The summed E-state index contributed by atoms with van der Waals surface area (Å²) in [4.78, 5) is 38.3. The Hall–Kier alpha value is -2.89. The molecule has 412 valence electrons. The quantitative estimate of drug-likeness (QED) is 0.0261. The summed E-state index contributed by atoms with van der Waals surface area (Å²) in [5.74, 6) is -0.904. The van der Waals surface area contributed by atoms with E-state index in [-0.39, 0.29) is 31.1 Å². The fraction of sp³-hybridized carbons (Fsp3) is 0.800. The van der Waals surface area contributed by atoms with Gasteiger partial charge in [0.15, 0.2) is 6.10 Å². The Morgan fingerprint density at radius 1 is 0.282 bits per heavy atom. The number of ether oxygens (including phenoxy) is 3. The summed E-state index contributed by atoms with van der Waals surface area (Å²) in [5.41, 5.74) is 0. The van der Waals surface area contributed by atoms with Crippen LogP contribution >= 0.6 is 0 Å². The SMILES string of the molecule is CCCCCCC\C=C/C=C\C=C/CCCCCCCC(=O)OCC(COC(=O)CCCCCCCCCCCCCCCCCCC)OC(=O)CCCCCCC/C=C\C=C/CCCCCCCCC. The van der Waals surface area contributed by atoms with E-state index in [1.54, 1.807) is 0 Å². The fourth-order valence-electron chi connectivity index (χ4n) is 8.91. The van der Waals surface area contributed by atoms with Crippen molar-refractivity contribution in [3.63, 3.8) is 0 Å². The maximum Gasteiger partial charge on any atom is 0.306 e. The largest absolute Gasteiger partial charge is 0.462 e. The summed E-state index contributed by atoms with van der Waals surface area (Å²) in [6.07, 6.45) is 75.0. The molecule has 0 aliphatic rings. The molecule has 0 saturated heterocycles. The predicted molar refractivity (Wildman–Crippen MR) is 307 cm³/mol.